The van der Waals surface area contributed by atoms with Crippen molar-refractivity contribution >= 4 is 29.7 Å². The van der Waals surface area contributed by atoms with E-state index < -0.39 is 107 Å². The second-order valence-electron chi connectivity index (χ2n) is 15.6. The first-order valence-corrected chi connectivity index (χ1v) is 18.0. The molecule has 1 heterocycles. The lowest BCUT2D eigenvalue weighted by Crippen LogP contribution is -2.82. The quantitative estimate of drug-likeness (QED) is 0.171. The van der Waals surface area contributed by atoms with E-state index >= 15 is 4.79 Å². The van der Waals surface area contributed by atoms with Crippen LogP contribution in [0, 0.1) is 16.7 Å². The van der Waals surface area contributed by atoms with Crippen LogP contribution in [0.1, 0.15) is 76.3 Å². The molecular formula is C40H48NO13+. The van der Waals surface area contributed by atoms with Gasteiger partial charge in [-0.15, -0.1) is 0 Å². The lowest BCUT2D eigenvalue weighted by atomic mass is 9.44. The maximum Gasteiger partial charge on any atom is 0.342 e. The summed E-state index contributed by atoms with van der Waals surface area (Å²) >= 11 is 0. The van der Waals surface area contributed by atoms with Crippen LogP contribution >= 0.6 is 0 Å². The Hall–Kier alpha value is -4.47. The number of rotatable bonds is 8. The number of carbonyl (C=O) groups excluding carboxylic acids is 5. The molecule has 1 unspecified atom stereocenters. The van der Waals surface area contributed by atoms with Gasteiger partial charge in [-0.25, -0.2) is 9.59 Å². The summed E-state index contributed by atoms with van der Waals surface area (Å²) in [4.78, 5) is 68.8. The van der Waals surface area contributed by atoms with Crippen LogP contribution in [0.3, 0.4) is 0 Å². The molecule has 14 heteroatoms. The average Bonchev–Trinajstić information content (AvgIpc) is 3.12. The number of ether oxygens (including phenoxy) is 5. The molecule has 2 aromatic carbocycles. The molecule has 2 aromatic rings. The predicted molar refractivity (Wildman–Crippen MR) is 187 cm³/mol. The maximum absolute atomic E-state index is 15.3. The van der Waals surface area contributed by atoms with Gasteiger partial charge in [0.05, 0.1) is 29.6 Å². The standard InChI is InChI=1S/C40H47NO13/c1-20-25(52-36(48)30(45)29(41)23-13-9-7-10-14-23)18-40(49)34(53-35(47)24-15-11-8-12-16-24)32-38(6,26(44)17-27-39(32,19-50-27)54-22(3)43)33(46)31(51-21(2)42)28(20)37(40,4)5/h7-16,25-27,29-32,34,44-45,49H,17-19,41H2,1-6H3/p+1/t25-,26-,27+,29?,30+,31+,32-,34-,38+,39-,40+/m0/s1. The van der Waals surface area contributed by atoms with Gasteiger partial charge in [0.15, 0.2) is 17.5 Å². The summed E-state index contributed by atoms with van der Waals surface area (Å²) in [6.07, 6.45) is -9.77. The molecule has 0 amide bonds. The van der Waals surface area contributed by atoms with Crippen LogP contribution in [0.5, 0.6) is 0 Å². The number of Topliss-reactive ketones (excluding diaryl/α,β-unsaturated/α-hetero) is 1. The molecule has 3 fully saturated rings. The van der Waals surface area contributed by atoms with Gasteiger partial charge >= 0.3 is 23.9 Å². The smallest absolute Gasteiger partial charge is 0.342 e. The van der Waals surface area contributed by atoms with E-state index in [-0.39, 0.29) is 29.7 Å². The van der Waals surface area contributed by atoms with Crippen molar-refractivity contribution in [2.45, 2.75) is 108 Å². The summed E-state index contributed by atoms with van der Waals surface area (Å²) in [7, 11) is 0. The number of quaternary nitrogens is 1. The minimum atomic E-state index is -2.30. The molecule has 54 heavy (non-hydrogen) atoms. The lowest BCUT2D eigenvalue weighted by molar-refractivity contribution is -0.441. The van der Waals surface area contributed by atoms with Gasteiger partial charge in [-0.05, 0) is 37.1 Å². The highest BCUT2D eigenvalue weighted by atomic mass is 16.6. The zero-order chi connectivity index (χ0) is 39.5. The summed E-state index contributed by atoms with van der Waals surface area (Å²) in [5.74, 6) is -5.91. The molecular weight excluding hydrogens is 702 g/mol. The molecule has 0 radical (unpaired) electrons. The number of aliphatic hydroxyl groups excluding tert-OH is 2. The van der Waals surface area contributed by atoms with E-state index in [1.165, 1.54) is 26.0 Å². The first kappa shape index (κ1) is 39.2. The highest BCUT2D eigenvalue weighted by Crippen LogP contribution is 2.64. The molecule has 1 aliphatic heterocycles. The predicted octanol–water partition coefficient (Wildman–Crippen LogP) is 1.55. The molecule has 14 nitrogen and oxygen atoms in total. The van der Waals surface area contributed by atoms with Crippen molar-refractivity contribution in [2.75, 3.05) is 6.61 Å². The van der Waals surface area contributed by atoms with Crippen molar-refractivity contribution in [2.24, 2.45) is 16.7 Å². The normalized spacial score (nSPS) is 35.0. The SMILES string of the molecule is CC(=O)O[C@H]1C(=O)[C@@]2(C)[C@H]([C@H](OC(=O)c3ccccc3)[C@]3(O)C[C@H](OC(=O)[C@H](O)C([NH3+])c4ccccc4)C(C)=C1C3(C)C)[C@]1(OC(C)=O)CO[C@@H]1C[C@@H]2O. The van der Waals surface area contributed by atoms with E-state index in [1.54, 1.807) is 69.3 Å². The third kappa shape index (κ3) is 6.04. The molecule has 0 spiro atoms. The molecule has 4 aliphatic rings. The summed E-state index contributed by atoms with van der Waals surface area (Å²) in [5.41, 5.74) is -2.71. The zero-order valence-electron chi connectivity index (χ0n) is 31.1. The van der Waals surface area contributed by atoms with Crippen molar-refractivity contribution in [3.63, 3.8) is 0 Å². The molecule has 6 rings (SSSR count). The van der Waals surface area contributed by atoms with Crippen LogP contribution in [0.15, 0.2) is 71.8 Å². The lowest BCUT2D eigenvalue weighted by Gasteiger charge is -2.67. The number of fused-ring (bicyclic) bond motifs is 5. The van der Waals surface area contributed by atoms with Gasteiger partial charge in [0.2, 0.25) is 6.10 Å². The molecule has 11 atom stereocenters. The minimum Gasteiger partial charge on any atom is -0.456 e. The first-order valence-electron chi connectivity index (χ1n) is 18.0. The Morgan fingerprint density at radius 3 is 2.09 bits per heavy atom. The van der Waals surface area contributed by atoms with E-state index in [0.29, 0.717) is 5.56 Å². The highest BCUT2D eigenvalue weighted by molar-refractivity contribution is 5.95. The van der Waals surface area contributed by atoms with Crippen LogP contribution in [0.4, 0.5) is 0 Å². The van der Waals surface area contributed by atoms with E-state index in [0.717, 1.165) is 6.92 Å². The monoisotopic (exact) mass is 750 g/mol. The second kappa shape index (κ2) is 14.0. The first-order chi connectivity index (χ1) is 25.3. The fourth-order valence-electron chi connectivity index (χ4n) is 9.27. The number of hydrogen-bond acceptors (Lipinski definition) is 13. The molecule has 1 saturated heterocycles. The Kier molecular flexibility index (Phi) is 10.2. The third-order valence-electron chi connectivity index (χ3n) is 12.3. The molecule has 290 valence electrons. The van der Waals surface area contributed by atoms with Gasteiger partial charge in [0.1, 0.15) is 30.0 Å². The van der Waals surface area contributed by atoms with Crippen LogP contribution < -0.4 is 5.73 Å². The Bertz CT molecular complexity index is 1860. The van der Waals surface area contributed by atoms with Gasteiger partial charge in [0.25, 0.3) is 0 Å². The van der Waals surface area contributed by atoms with Crippen molar-refractivity contribution in [3.05, 3.63) is 82.9 Å². The van der Waals surface area contributed by atoms with E-state index in [9.17, 15) is 34.5 Å². The topological polar surface area (TPSA) is 220 Å². The molecule has 0 aromatic heterocycles. The van der Waals surface area contributed by atoms with Gasteiger partial charge in [-0.1, -0.05) is 62.4 Å². The zero-order valence-corrected chi connectivity index (χ0v) is 31.1. The number of ketones is 1. The average molecular weight is 751 g/mol. The van der Waals surface area contributed by atoms with Gasteiger partial charge in [0, 0.05) is 37.7 Å². The van der Waals surface area contributed by atoms with Crippen LogP contribution in [0.25, 0.3) is 0 Å². The van der Waals surface area contributed by atoms with E-state index in [1.807, 2.05) is 0 Å². The van der Waals surface area contributed by atoms with Crippen LogP contribution in [-0.2, 0) is 42.9 Å². The Labute approximate surface area is 312 Å². The Morgan fingerprint density at radius 2 is 1.54 bits per heavy atom. The fourth-order valence-corrected chi connectivity index (χ4v) is 9.27. The summed E-state index contributed by atoms with van der Waals surface area (Å²) in [5, 5.41) is 36.6. The Balaban J connectivity index is 1.58. The van der Waals surface area contributed by atoms with Crippen molar-refractivity contribution < 1.29 is 68.7 Å². The van der Waals surface area contributed by atoms with Crippen LogP contribution in [0.2, 0.25) is 0 Å². The third-order valence-corrected chi connectivity index (χ3v) is 12.3. The molecule has 3 aliphatic carbocycles. The van der Waals surface area contributed by atoms with Gasteiger partial charge < -0.3 is 44.7 Å². The number of benzene rings is 2. The number of aliphatic hydroxyl groups is 3. The molecule has 2 saturated carbocycles. The highest BCUT2D eigenvalue weighted by Gasteiger charge is 2.78. The van der Waals surface area contributed by atoms with Gasteiger partial charge in [-0.2, -0.15) is 0 Å². The number of carbonyl (C=O) groups is 5. The molecule has 6 N–H and O–H groups in total. The minimum absolute atomic E-state index is 0.0547. The van der Waals surface area contributed by atoms with Crippen molar-refractivity contribution in [1.82, 2.24) is 0 Å². The van der Waals surface area contributed by atoms with E-state index in [4.69, 9.17) is 23.7 Å². The van der Waals surface area contributed by atoms with Crippen molar-refractivity contribution in [3.8, 4) is 0 Å². The molecule has 2 bridgehead atoms. The Morgan fingerprint density at radius 1 is 0.926 bits per heavy atom. The van der Waals surface area contributed by atoms with Gasteiger partial charge in [-0.3, -0.25) is 14.4 Å². The maximum atomic E-state index is 15.3. The summed E-state index contributed by atoms with van der Waals surface area (Å²) in [6.45, 7) is 8.15. The number of hydrogen-bond donors (Lipinski definition) is 4. The van der Waals surface area contributed by atoms with Crippen LogP contribution in [-0.4, -0.2) is 99.4 Å². The summed E-state index contributed by atoms with van der Waals surface area (Å²) < 4.78 is 30.0. The fraction of sp³-hybridized carbons (Fsp3) is 0.525. The van der Waals surface area contributed by atoms with E-state index in [2.05, 4.69) is 5.73 Å². The second-order valence-corrected chi connectivity index (χ2v) is 15.6. The number of esters is 4. The largest absolute Gasteiger partial charge is 0.456 e. The summed E-state index contributed by atoms with van der Waals surface area (Å²) in [6, 6.07) is 15.6. The van der Waals surface area contributed by atoms with Crippen molar-refractivity contribution in [1.29, 1.82) is 0 Å².